The fraction of sp³-hybridized carbons (Fsp3) is 0.290. The van der Waals surface area contributed by atoms with Crippen molar-refractivity contribution in [3.63, 3.8) is 0 Å². The Labute approximate surface area is 240 Å². The predicted octanol–water partition coefficient (Wildman–Crippen LogP) is 6.96. The van der Waals surface area contributed by atoms with Crippen molar-refractivity contribution in [1.29, 1.82) is 0 Å². The number of thiocarbonyl (C=S) groups is 1. The predicted molar refractivity (Wildman–Crippen MR) is 161 cm³/mol. The largest absolute Gasteiger partial charge is 0.490 e. The second kappa shape index (κ2) is 11.4. The van der Waals surface area contributed by atoms with Gasteiger partial charge in [-0.15, -0.1) is 0 Å². The van der Waals surface area contributed by atoms with Crippen LogP contribution in [-0.4, -0.2) is 35.0 Å². The molecule has 39 heavy (non-hydrogen) atoms. The number of aryl methyl sites for hydroxylation is 2. The van der Waals surface area contributed by atoms with Gasteiger partial charge in [0.15, 0.2) is 5.11 Å². The van der Waals surface area contributed by atoms with E-state index in [9.17, 15) is 0 Å². The van der Waals surface area contributed by atoms with Crippen LogP contribution < -0.4 is 15.0 Å². The van der Waals surface area contributed by atoms with Crippen molar-refractivity contribution in [3.05, 3.63) is 106 Å². The minimum atomic E-state index is -0.150. The zero-order valence-electron chi connectivity index (χ0n) is 22.9. The highest BCUT2D eigenvalue weighted by Gasteiger charge is 2.42. The number of benzene rings is 2. The zero-order valence-corrected chi connectivity index (χ0v) is 24.4. The van der Waals surface area contributed by atoms with Crippen LogP contribution in [0.1, 0.15) is 45.9 Å². The first-order valence-electron chi connectivity index (χ1n) is 13.0. The average Bonchev–Trinajstić information content (AvgIpc) is 3.42. The third-order valence-electron chi connectivity index (χ3n) is 7.44. The smallest absolute Gasteiger partial charge is 0.174 e. The molecule has 1 fully saturated rings. The van der Waals surface area contributed by atoms with Crippen LogP contribution in [0, 0.1) is 27.7 Å². The Bertz CT molecular complexity index is 1500. The second-order valence-electron chi connectivity index (χ2n) is 9.83. The number of aromatic nitrogens is 2. The lowest BCUT2D eigenvalue weighted by molar-refractivity contribution is 0.146. The van der Waals surface area contributed by atoms with Crippen molar-refractivity contribution in [2.45, 2.75) is 39.8 Å². The van der Waals surface area contributed by atoms with E-state index in [4.69, 9.17) is 38.3 Å². The van der Waals surface area contributed by atoms with Crippen molar-refractivity contribution >= 4 is 34.6 Å². The maximum atomic E-state index is 6.68. The quantitative estimate of drug-likeness (QED) is 0.186. The fourth-order valence-electron chi connectivity index (χ4n) is 5.38. The molecule has 1 saturated heterocycles. The normalized spacial score (nSPS) is 17.0. The maximum Gasteiger partial charge on any atom is 0.174 e. The van der Waals surface area contributed by atoms with Crippen molar-refractivity contribution < 1.29 is 9.47 Å². The fourth-order valence-corrected chi connectivity index (χ4v) is 5.95. The number of nitrogens with one attached hydrogen (secondary N) is 1. The molecule has 1 N–H and O–H groups in total. The van der Waals surface area contributed by atoms with Crippen LogP contribution in [0.4, 0.5) is 5.69 Å². The van der Waals surface area contributed by atoms with Gasteiger partial charge in [0, 0.05) is 36.1 Å². The molecule has 0 radical (unpaired) electrons. The van der Waals surface area contributed by atoms with E-state index in [0.29, 0.717) is 29.1 Å². The number of rotatable bonds is 8. The van der Waals surface area contributed by atoms with Crippen LogP contribution in [0.5, 0.6) is 5.75 Å². The third-order valence-corrected chi connectivity index (χ3v) is 8.05. The summed E-state index contributed by atoms with van der Waals surface area (Å²) in [5.41, 5.74) is 9.02. The van der Waals surface area contributed by atoms with Gasteiger partial charge < -0.3 is 24.3 Å². The van der Waals surface area contributed by atoms with Crippen LogP contribution in [0.25, 0.3) is 5.69 Å². The lowest BCUT2D eigenvalue weighted by Crippen LogP contribution is -2.29. The highest BCUT2D eigenvalue weighted by molar-refractivity contribution is 7.80. The zero-order chi connectivity index (χ0) is 27.7. The van der Waals surface area contributed by atoms with Crippen molar-refractivity contribution in [3.8, 4) is 11.4 Å². The topological polar surface area (TPSA) is 51.6 Å². The van der Waals surface area contributed by atoms with Gasteiger partial charge in [0.1, 0.15) is 12.4 Å². The van der Waals surface area contributed by atoms with Gasteiger partial charge in [0.05, 0.1) is 29.4 Å². The second-order valence-corrected chi connectivity index (χ2v) is 10.6. The molecule has 2 atom stereocenters. The van der Waals surface area contributed by atoms with Crippen molar-refractivity contribution in [1.82, 2.24) is 14.9 Å². The monoisotopic (exact) mass is 560 g/mol. The van der Waals surface area contributed by atoms with Crippen LogP contribution in [0.15, 0.2) is 66.9 Å². The van der Waals surface area contributed by atoms with E-state index in [1.54, 1.807) is 7.11 Å². The molecule has 1 aliphatic heterocycles. The van der Waals surface area contributed by atoms with Crippen LogP contribution >= 0.6 is 23.8 Å². The number of anilines is 1. The van der Waals surface area contributed by atoms with Gasteiger partial charge in [-0.2, -0.15) is 0 Å². The number of methoxy groups -OCH3 is 1. The highest BCUT2D eigenvalue weighted by Crippen LogP contribution is 2.45. The molecule has 202 valence electrons. The first kappa shape index (κ1) is 27.2. The van der Waals surface area contributed by atoms with E-state index < -0.39 is 0 Å². The Kier molecular flexibility index (Phi) is 7.93. The molecule has 8 heteroatoms. The average molecular weight is 561 g/mol. The van der Waals surface area contributed by atoms with Gasteiger partial charge in [0.2, 0.25) is 0 Å². The summed E-state index contributed by atoms with van der Waals surface area (Å²) in [6.45, 7) is 9.58. The van der Waals surface area contributed by atoms with Gasteiger partial charge in [-0.1, -0.05) is 29.8 Å². The van der Waals surface area contributed by atoms with E-state index >= 15 is 0 Å². The molecule has 2 aromatic carbocycles. The molecule has 4 aromatic rings. The van der Waals surface area contributed by atoms with Crippen LogP contribution in [-0.2, 0) is 4.74 Å². The minimum Gasteiger partial charge on any atom is -0.490 e. The van der Waals surface area contributed by atoms with E-state index in [2.05, 4.69) is 66.7 Å². The highest BCUT2D eigenvalue weighted by atomic mass is 35.5. The summed E-state index contributed by atoms with van der Waals surface area (Å²) in [5, 5.41) is 4.70. The summed E-state index contributed by atoms with van der Waals surface area (Å²) in [4.78, 5) is 6.85. The molecule has 0 aliphatic carbocycles. The molecule has 0 amide bonds. The van der Waals surface area contributed by atoms with Gasteiger partial charge in [-0.05, 0) is 99.1 Å². The number of hydrogen-bond donors (Lipinski definition) is 1. The van der Waals surface area contributed by atoms with Gasteiger partial charge in [0.25, 0.3) is 0 Å². The molecule has 2 aromatic heterocycles. The number of nitrogens with zero attached hydrogens (tertiary/aromatic N) is 3. The minimum absolute atomic E-state index is 0.145. The van der Waals surface area contributed by atoms with E-state index in [1.807, 2.05) is 42.6 Å². The Balaban J connectivity index is 1.62. The van der Waals surface area contributed by atoms with E-state index in [-0.39, 0.29) is 12.1 Å². The number of halogens is 1. The summed E-state index contributed by atoms with van der Waals surface area (Å²) >= 11 is 12.6. The van der Waals surface area contributed by atoms with E-state index in [0.717, 1.165) is 22.8 Å². The maximum absolute atomic E-state index is 6.68. The summed E-state index contributed by atoms with van der Waals surface area (Å²) < 4.78 is 13.2. The SMILES string of the molecule is COCCOc1ccc(N2C(=S)N[C@H](c3ccccn3)[C@@H]2c2cc(C)n(-c3cccc(C)c3C)c2C)cc1Cl. The molecule has 0 spiro atoms. The molecule has 6 nitrogen and oxygen atoms in total. The van der Waals surface area contributed by atoms with Crippen LogP contribution in [0.3, 0.4) is 0 Å². The van der Waals surface area contributed by atoms with Gasteiger partial charge in [-0.3, -0.25) is 4.98 Å². The lowest BCUT2D eigenvalue weighted by atomic mass is 9.96. The Hall–Kier alpha value is -3.39. The molecule has 5 rings (SSSR count). The van der Waals surface area contributed by atoms with Gasteiger partial charge in [-0.25, -0.2) is 0 Å². The third kappa shape index (κ3) is 5.14. The molecular weight excluding hydrogens is 528 g/mol. The molecule has 3 heterocycles. The van der Waals surface area contributed by atoms with Gasteiger partial charge >= 0.3 is 0 Å². The summed E-state index contributed by atoms with van der Waals surface area (Å²) in [5.74, 6) is 0.612. The van der Waals surface area contributed by atoms with Crippen LogP contribution in [0.2, 0.25) is 5.02 Å². The van der Waals surface area contributed by atoms with Crippen molar-refractivity contribution in [2.24, 2.45) is 0 Å². The Morgan fingerprint density at radius 1 is 1.00 bits per heavy atom. The molecular formula is C31H33ClN4O2S. The number of ether oxygens (including phenoxy) is 2. The van der Waals surface area contributed by atoms with Crippen molar-refractivity contribution in [2.75, 3.05) is 25.2 Å². The Morgan fingerprint density at radius 3 is 2.54 bits per heavy atom. The first-order valence-corrected chi connectivity index (χ1v) is 13.8. The summed E-state index contributed by atoms with van der Waals surface area (Å²) in [6.07, 6.45) is 1.82. The Morgan fingerprint density at radius 2 is 1.82 bits per heavy atom. The van der Waals surface area contributed by atoms with E-state index in [1.165, 1.54) is 22.4 Å². The number of pyridine rings is 1. The molecule has 0 saturated carbocycles. The standard InChI is InChI=1S/C31H33ClN4O2S/c1-19-9-8-11-27(21(19)3)35-20(2)17-24(22(35)4)30-29(26-10-6-7-14-33-26)34-31(39)36(30)23-12-13-28(25(32)18-23)38-16-15-37-5/h6-14,17-18,29-30H,15-16H2,1-5H3,(H,34,39)/t29-,30+/m1/s1. The molecule has 0 unspecified atom stereocenters. The summed E-state index contributed by atoms with van der Waals surface area (Å²) in [7, 11) is 1.64. The first-order chi connectivity index (χ1) is 18.8. The molecule has 0 bridgehead atoms. The number of hydrogen-bond acceptors (Lipinski definition) is 4. The molecule has 1 aliphatic rings. The lowest BCUT2D eigenvalue weighted by Gasteiger charge is -2.28. The summed E-state index contributed by atoms with van der Waals surface area (Å²) in [6, 6.07) is 20.2.